The maximum atomic E-state index is 6.28. The van der Waals surface area contributed by atoms with Crippen LogP contribution >= 0.6 is 0 Å². The van der Waals surface area contributed by atoms with Crippen LogP contribution in [0.15, 0.2) is 0 Å². The standard InChI is InChI=1S/C11H24N2O/c1-4-11(12,5-2)9-13-7-6-10(8-13)14-3/h10H,4-9,12H2,1-3H3. The van der Waals surface area contributed by atoms with Crippen LogP contribution in [0.4, 0.5) is 0 Å². The Labute approximate surface area is 87.6 Å². The monoisotopic (exact) mass is 200 g/mol. The van der Waals surface area contributed by atoms with Crippen molar-refractivity contribution in [3.8, 4) is 0 Å². The zero-order valence-electron chi connectivity index (χ0n) is 9.75. The van der Waals surface area contributed by atoms with Gasteiger partial charge in [-0.25, -0.2) is 0 Å². The third-order valence-corrected chi connectivity index (χ3v) is 3.51. The highest BCUT2D eigenvalue weighted by Gasteiger charge is 2.29. The first-order valence-corrected chi connectivity index (χ1v) is 5.67. The number of rotatable bonds is 5. The van der Waals surface area contributed by atoms with Gasteiger partial charge in [-0.15, -0.1) is 0 Å². The van der Waals surface area contributed by atoms with Crippen LogP contribution in [0.5, 0.6) is 0 Å². The number of hydrogen-bond acceptors (Lipinski definition) is 3. The minimum atomic E-state index is 0.00261. The molecule has 0 spiro atoms. The number of nitrogens with zero attached hydrogens (tertiary/aromatic N) is 1. The molecule has 1 fully saturated rings. The van der Waals surface area contributed by atoms with E-state index in [1.54, 1.807) is 7.11 Å². The molecule has 1 heterocycles. The molecule has 2 N–H and O–H groups in total. The van der Waals surface area contributed by atoms with E-state index < -0.39 is 0 Å². The summed E-state index contributed by atoms with van der Waals surface area (Å²) < 4.78 is 5.34. The summed E-state index contributed by atoms with van der Waals surface area (Å²) in [5, 5.41) is 0. The van der Waals surface area contributed by atoms with E-state index in [0.717, 1.165) is 38.9 Å². The van der Waals surface area contributed by atoms with Crippen molar-refractivity contribution in [3.63, 3.8) is 0 Å². The molecule has 0 amide bonds. The molecule has 0 aliphatic carbocycles. The molecule has 0 aromatic heterocycles. The number of hydrogen-bond donors (Lipinski definition) is 1. The Bertz CT molecular complexity index is 169. The Morgan fingerprint density at radius 3 is 2.50 bits per heavy atom. The summed E-state index contributed by atoms with van der Waals surface area (Å²) in [4.78, 5) is 2.43. The van der Waals surface area contributed by atoms with Crippen molar-refractivity contribution >= 4 is 0 Å². The summed E-state index contributed by atoms with van der Waals surface area (Å²) in [6.07, 6.45) is 3.68. The summed E-state index contributed by atoms with van der Waals surface area (Å²) >= 11 is 0. The molecule has 0 bridgehead atoms. The third kappa shape index (κ3) is 2.94. The number of ether oxygens (including phenoxy) is 1. The highest BCUT2D eigenvalue weighted by Crippen LogP contribution is 2.18. The molecule has 1 saturated heterocycles. The summed E-state index contributed by atoms with van der Waals surface area (Å²) in [5.41, 5.74) is 6.28. The van der Waals surface area contributed by atoms with Gasteiger partial charge in [0.1, 0.15) is 0 Å². The Morgan fingerprint density at radius 1 is 1.43 bits per heavy atom. The lowest BCUT2D eigenvalue weighted by molar-refractivity contribution is 0.104. The molecule has 1 aliphatic rings. The molecule has 1 atom stereocenters. The van der Waals surface area contributed by atoms with Crippen LogP contribution in [0.3, 0.4) is 0 Å². The van der Waals surface area contributed by atoms with E-state index in [2.05, 4.69) is 18.7 Å². The minimum absolute atomic E-state index is 0.00261. The smallest absolute Gasteiger partial charge is 0.0710 e. The molecule has 3 heteroatoms. The molecule has 0 aromatic carbocycles. The SMILES string of the molecule is CCC(N)(CC)CN1CCC(OC)C1. The van der Waals surface area contributed by atoms with E-state index in [0.29, 0.717) is 6.10 Å². The quantitative estimate of drug-likeness (QED) is 0.725. The van der Waals surface area contributed by atoms with Crippen molar-refractivity contribution < 1.29 is 4.74 Å². The molecule has 84 valence electrons. The second kappa shape index (κ2) is 5.10. The van der Waals surface area contributed by atoms with Gasteiger partial charge in [-0.3, -0.25) is 4.90 Å². The fraction of sp³-hybridized carbons (Fsp3) is 1.00. The van der Waals surface area contributed by atoms with E-state index in [1.165, 1.54) is 0 Å². The van der Waals surface area contributed by atoms with E-state index in [4.69, 9.17) is 10.5 Å². The van der Waals surface area contributed by atoms with Gasteiger partial charge in [-0.05, 0) is 19.3 Å². The topological polar surface area (TPSA) is 38.5 Å². The zero-order valence-corrected chi connectivity index (χ0v) is 9.75. The van der Waals surface area contributed by atoms with Crippen LogP contribution in [-0.4, -0.2) is 43.3 Å². The van der Waals surface area contributed by atoms with Gasteiger partial charge < -0.3 is 10.5 Å². The molecule has 14 heavy (non-hydrogen) atoms. The summed E-state index contributed by atoms with van der Waals surface area (Å²) in [6.45, 7) is 7.55. The van der Waals surface area contributed by atoms with Crippen molar-refractivity contribution in [3.05, 3.63) is 0 Å². The predicted molar refractivity (Wildman–Crippen MR) is 59.4 cm³/mol. The maximum Gasteiger partial charge on any atom is 0.0710 e. The van der Waals surface area contributed by atoms with Crippen molar-refractivity contribution in [2.24, 2.45) is 5.73 Å². The number of methoxy groups -OCH3 is 1. The second-order valence-electron chi connectivity index (χ2n) is 4.45. The number of likely N-dealkylation sites (tertiary alicyclic amines) is 1. The van der Waals surface area contributed by atoms with Crippen LogP contribution in [0.1, 0.15) is 33.1 Å². The van der Waals surface area contributed by atoms with E-state index in [-0.39, 0.29) is 5.54 Å². The van der Waals surface area contributed by atoms with Gasteiger partial charge in [0.15, 0.2) is 0 Å². The van der Waals surface area contributed by atoms with Crippen LogP contribution in [-0.2, 0) is 4.74 Å². The Kier molecular flexibility index (Phi) is 4.35. The lowest BCUT2D eigenvalue weighted by Gasteiger charge is -2.31. The molecule has 1 rings (SSSR count). The summed E-state index contributed by atoms with van der Waals surface area (Å²) in [6, 6.07) is 0. The van der Waals surface area contributed by atoms with Gasteiger partial charge >= 0.3 is 0 Å². The van der Waals surface area contributed by atoms with E-state index in [1.807, 2.05) is 0 Å². The fourth-order valence-corrected chi connectivity index (χ4v) is 2.05. The molecular weight excluding hydrogens is 176 g/mol. The fourth-order valence-electron chi connectivity index (χ4n) is 2.05. The van der Waals surface area contributed by atoms with Crippen LogP contribution in [0.25, 0.3) is 0 Å². The first kappa shape index (κ1) is 12.0. The van der Waals surface area contributed by atoms with Gasteiger partial charge in [0.2, 0.25) is 0 Å². The highest BCUT2D eigenvalue weighted by molar-refractivity contribution is 4.88. The molecule has 0 radical (unpaired) electrons. The zero-order chi connectivity index (χ0) is 10.6. The van der Waals surface area contributed by atoms with Crippen molar-refractivity contribution in [1.82, 2.24) is 4.90 Å². The van der Waals surface area contributed by atoms with E-state index in [9.17, 15) is 0 Å². The van der Waals surface area contributed by atoms with Crippen molar-refractivity contribution in [1.29, 1.82) is 0 Å². The first-order chi connectivity index (χ1) is 6.63. The average molecular weight is 200 g/mol. The maximum absolute atomic E-state index is 6.28. The second-order valence-corrected chi connectivity index (χ2v) is 4.45. The van der Waals surface area contributed by atoms with Crippen LogP contribution in [0, 0.1) is 0 Å². The van der Waals surface area contributed by atoms with Gasteiger partial charge in [0.05, 0.1) is 6.10 Å². The minimum Gasteiger partial charge on any atom is -0.380 e. The molecular formula is C11H24N2O. The van der Waals surface area contributed by atoms with Crippen molar-refractivity contribution in [2.75, 3.05) is 26.7 Å². The molecule has 0 saturated carbocycles. The molecule has 3 nitrogen and oxygen atoms in total. The highest BCUT2D eigenvalue weighted by atomic mass is 16.5. The third-order valence-electron chi connectivity index (χ3n) is 3.51. The molecule has 0 aromatic rings. The number of nitrogens with two attached hydrogens (primary N) is 1. The lowest BCUT2D eigenvalue weighted by Crippen LogP contribution is -2.49. The van der Waals surface area contributed by atoms with Crippen LogP contribution in [0.2, 0.25) is 0 Å². The van der Waals surface area contributed by atoms with Crippen molar-refractivity contribution in [2.45, 2.75) is 44.8 Å². The Morgan fingerprint density at radius 2 is 2.07 bits per heavy atom. The summed E-state index contributed by atoms with van der Waals surface area (Å²) in [5.74, 6) is 0. The molecule has 1 aliphatic heterocycles. The molecule has 1 unspecified atom stereocenters. The summed E-state index contributed by atoms with van der Waals surface area (Å²) in [7, 11) is 1.80. The first-order valence-electron chi connectivity index (χ1n) is 5.67. The largest absolute Gasteiger partial charge is 0.380 e. The van der Waals surface area contributed by atoms with Crippen LogP contribution < -0.4 is 5.73 Å². The van der Waals surface area contributed by atoms with Gasteiger partial charge in [-0.2, -0.15) is 0 Å². The predicted octanol–water partition coefficient (Wildman–Crippen LogP) is 1.22. The lowest BCUT2D eigenvalue weighted by atomic mass is 9.94. The van der Waals surface area contributed by atoms with Gasteiger partial charge in [0.25, 0.3) is 0 Å². The average Bonchev–Trinajstić information content (AvgIpc) is 2.65. The van der Waals surface area contributed by atoms with Gasteiger partial charge in [-0.1, -0.05) is 13.8 Å². The van der Waals surface area contributed by atoms with E-state index >= 15 is 0 Å². The van der Waals surface area contributed by atoms with Gasteiger partial charge in [0, 0.05) is 32.3 Å². The normalized spacial score (nSPS) is 24.4. The Hall–Kier alpha value is -0.120. The Balaban J connectivity index is 2.37.